The molecule has 6 rings (SSSR count). The predicted octanol–water partition coefficient (Wildman–Crippen LogP) is 5.35. The monoisotopic (exact) mass is 459 g/mol. The molecule has 0 spiro atoms. The van der Waals surface area contributed by atoms with Crippen molar-refractivity contribution in [1.29, 1.82) is 0 Å². The zero-order chi connectivity index (χ0) is 21.7. The van der Waals surface area contributed by atoms with Gasteiger partial charge in [0.1, 0.15) is 16.8 Å². The van der Waals surface area contributed by atoms with E-state index in [1.54, 1.807) is 31.9 Å². The largest absolute Gasteiger partial charge is 0.495 e. The van der Waals surface area contributed by atoms with Gasteiger partial charge < -0.3 is 9.72 Å². The first-order chi connectivity index (χ1) is 15.7. The molecule has 0 unspecified atom stereocenters. The summed E-state index contributed by atoms with van der Waals surface area (Å²) in [5, 5.41) is 7.51. The van der Waals surface area contributed by atoms with E-state index in [-0.39, 0.29) is 0 Å². The summed E-state index contributed by atoms with van der Waals surface area (Å²) in [7, 11) is 1.61. The Morgan fingerprint density at radius 1 is 0.938 bits per heavy atom. The fourth-order valence-corrected chi connectivity index (χ4v) is 4.63. The van der Waals surface area contributed by atoms with E-state index < -0.39 is 0 Å². The highest BCUT2D eigenvalue weighted by Gasteiger charge is 2.17. The summed E-state index contributed by atoms with van der Waals surface area (Å²) in [5.41, 5.74) is 6.29. The number of pyridine rings is 3. The molecule has 2 N–H and O–H groups in total. The molecule has 0 aromatic carbocycles. The summed E-state index contributed by atoms with van der Waals surface area (Å²) in [6.07, 6.45) is 6.96. The number of ether oxygens (including phenoxy) is 1. The molecule has 0 atom stereocenters. The van der Waals surface area contributed by atoms with Crippen molar-refractivity contribution in [1.82, 2.24) is 35.1 Å². The molecule has 0 saturated carbocycles. The fraction of sp³-hybridized carbons (Fsp3) is 0.0455. The molecule has 0 aliphatic rings. The maximum atomic E-state index is 6.13. The number of nitrogens with zero attached hydrogens (tertiary/aromatic N) is 5. The minimum atomic E-state index is 0.608. The number of aromatic amines is 2. The first-order valence-electron chi connectivity index (χ1n) is 9.64. The maximum Gasteiger partial charge on any atom is 0.161 e. The Morgan fingerprint density at radius 3 is 2.69 bits per heavy atom. The number of rotatable bonds is 4. The second-order valence-corrected chi connectivity index (χ2v) is 8.77. The van der Waals surface area contributed by atoms with Crippen molar-refractivity contribution in [2.45, 2.75) is 0 Å². The Kier molecular flexibility index (Phi) is 4.37. The normalized spacial score (nSPS) is 11.4. The number of thiophene rings is 1. The number of H-pyrrole nitrogens is 2. The number of methoxy groups -OCH3 is 1. The van der Waals surface area contributed by atoms with Crippen LogP contribution in [0, 0.1) is 0 Å². The van der Waals surface area contributed by atoms with Crippen molar-refractivity contribution in [3.05, 3.63) is 59.5 Å². The lowest BCUT2D eigenvalue weighted by Gasteiger charge is -2.03. The zero-order valence-corrected chi connectivity index (χ0v) is 18.2. The Bertz CT molecular complexity index is 1600. The first-order valence-corrected chi connectivity index (χ1v) is 10.8. The van der Waals surface area contributed by atoms with Crippen molar-refractivity contribution in [3.8, 4) is 39.0 Å². The summed E-state index contributed by atoms with van der Waals surface area (Å²) in [6.45, 7) is 0. The molecule has 0 aliphatic heterocycles. The highest BCUT2D eigenvalue weighted by Crippen LogP contribution is 2.35. The van der Waals surface area contributed by atoms with Gasteiger partial charge in [0.25, 0.3) is 0 Å². The number of aromatic nitrogens is 7. The lowest BCUT2D eigenvalue weighted by molar-refractivity contribution is 0.413. The third kappa shape index (κ3) is 3.10. The van der Waals surface area contributed by atoms with Gasteiger partial charge in [-0.05, 0) is 30.3 Å². The molecule has 0 fully saturated rings. The van der Waals surface area contributed by atoms with Crippen LogP contribution in [0.4, 0.5) is 0 Å². The van der Waals surface area contributed by atoms with Crippen LogP contribution in [0.3, 0.4) is 0 Å². The first kappa shape index (κ1) is 18.9. The summed E-state index contributed by atoms with van der Waals surface area (Å²) >= 11 is 7.62. The van der Waals surface area contributed by atoms with E-state index in [4.69, 9.17) is 26.3 Å². The average molecular weight is 460 g/mol. The molecule has 0 radical (unpaired) electrons. The molecule has 10 heteroatoms. The van der Waals surface area contributed by atoms with E-state index in [0.717, 1.165) is 42.6 Å². The number of halogens is 1. The van der Waals surface area contributed by atoms with Crippen molar-refractivity contribution in [3.63, 3.8) is 0 Å². The van der Waals surface area contributed by atoms with Gasteiger partial charge in [-0.25, -0.2) is 9.97 Å². The maximum absolute atomic E-state index is 6.13. The van der Waals surface area contributed by atoms with Crippen LogP contribution < -0.4 is 4.74 Å². The molecule has 0 bridgehead atoms. The van der Waals surface area contributed by atoms with E-state index >= 15 is 0 Å². The lowest BCUT2D eigenvalue weighted by Crippen LogP contribution is -1.89. The SMILES string of the molecule is COc1cncc(-c2ccc3[nH]nc(-c4nc5c(-c6ccc(Cl)s6)cncc5[nH]4)c3n2)c1. The summed E-state index contributed by atoms with van der Waals surface area (Å²) in [4.78, 5) is 22.6. The van der Waals surface area contributed by atoms with Gasteiger partial charge in [0, 0.05) is 28.4 Å². The van der Waals surface area contributed by atoms with Crippen LogP contribution in [0.15, 0.2) is 55.1 Å². The van der Waals surface area contributed by atoms with Gasteiger partial charge in [-0.1, -0.05) is 11.6 Å². The number of hydrogen-bond acceptors (Lipinski definition) is 7. The highest BCUT2D eigenvalue weighted by atomic mass is 35.5. The Hall–Kier alpha value is -3.82. The molecular formula is C22H14ClN7OS. The smallest absolute Gasteiger partial charge is 0.161 e. The molecule has 6 aromatic heterocycles. The predicted molar refractivity (Wildman–Crippen MR) is 125 cm³/mol. The highest BCUT2D eigenvalue weighted by molar-refractivity contribution is 7.19. The molecule has 156 valence electrons. The standard InChI is InChI=1S/C22H14ClN7OS/c1-31-12-6-11(7-24-8-12)14-2-3-15-20(26-14)21(30-29-15)22-27-16-10-25-9-13(19(16)28-22)17-4-5-18(23)32-17/h2-10H,1H3,(H,27,28)(H,29,30). The molecule has 6 heterocycles. The van der Waals surface area contributed by atoms with Gasteiger partial charge in [-0.3, -0.25) is 15.1 Å². The Balaban J connectivity index is 1.49. The van der Waals surface area contributed by atoms with Crippen LogP contribution in [-0.2, 0) is 0 Å². The molecule has 32 heavy (non-hydrogen) atoms. The minimum Gasteiger partial charge on any atom is -0.495 e. The summed E-state index contributed by atoms with van der Waals surface area (Å²) < 4.78 is 6.01. The minimum absolute atomic E-state index is 0.608. The zero-order valence-electron chi connectivity index (χ0n) is 16.6. The Morgan fingerprint density at radius 2 is 1.84 bits per heavy atom. The molecular weight excluding hydrogens is 446 g/mol. The number of fused-ring (bicyclic) bond motifs is 2. The topological polar surface area (TPSA) is 105 Å². The summed E-state index contributed by atoms with van der Waals surface area (Å²) in [5.74, 6) is 1.28. The van der Waals surface area contributed by atoms with Crippen molar-refractivity contribution < 1.29 is 4.74 Å². The quantitative estimate of drug-likeness (QED) is 0.368. The van der Waals surface area contributed by atoms with Crippen molar-refractivity contribution in [2.75, 3.05) is 7.11 Å². The van der Waals surface area contributed by atoms with Crippen LogP contribution in [0.25, 0.3) is 55.3 Å². The van der Waals surface area contributed by atoms with Gasteiger partial charge in [-0.15, -0.1) is 11.3 Å². The summed E-state index contributed by atoms with van der Waals surface area (Å²) in [6, 6.07) is 9.59. The molecule has 0 amide bonds. The van der Waals surface area contributed by atoms with E-state index in [0.29, 0.717) is 22.8 Å². The fourth-order valence-electron chi connectivity index (χ4n) is 3.58. The van der Waals surface area contributed by atoms with Gasteiger partial charge in [0.2, 0.25) is 0 Å². The lowest BCUT2D eigenvalue weighted by atomic mass is 10.1. The van der Waals surface area contributed by atoms with Crippen LogP contribution in [0.2, 0.25) is 4.34 Å². The van der Waals surface area contributed by atoms with E-state index in [2.05, 4.69) is 25.1 Å². The third-order valence-electron chi connectivity index (χ3n) is 5.11. The van der Waals surface area contributed by atoms with Gasteiger partial charge in [-0.2, -0.15) is 5.10 Å². The van der Waals surface area contributed by atoms with Gasteiger partial charge in [0.05, 0.1) is 40.6 Å². The number of hydrogen-bond donors (Lipinski definition) is 2. The van der Waals surface area contributed by atoms with Gasteiger partial charge in [0.15, 0.2) is 11.5 Å². The third-order valence-corrected chi connectivity index (χ3v) is 6.37. The van der Waals surface area contributed by atoms with Crippen LogP contribution in [0.1, 0.15) is 0 Å². The molecule has 0 saturated heterocycles. The van der Waals surface area contributed by atoms with E-state index in [1.165, 1.54) is 11.3 Å². The van der Waals surface area contributed by atoms with Crippen LogP contribution in [0.5, 0.6) is 5.75 Å². The average Bonchev–Trinajstić information content (AvgIpc) is 3.55. The molecule has 6 aromatic rings. The van der Waals surface area contributed by atoms with Crippen LogP contribution in [-0.4, -0.2) is 42.2 Å². The van der Waals surface area contributed by atoms with E-state index in [1.807, 2.05) is 30.3 Å². The van der Waals surface area contributed by atoms with Crippen LogP contribution >= 0.6 is 22.9 Å². The second kappa shape index (κ2) is 7.40. The molecule has 8 nitrogen and oxygen atoms in total. The van der Waals surface area contributed by atoms with Gasteiger partial charge >= 0.3 is 0 Å². The van der Waals surface area contributed by atoms with Crippen molar-refractivity contribution >= 4 is 45.0 Å². The number of imidazole rings is 1. The number of nitrogens with one attached hydrogen (secondary N) is 2. The Labute approximate surface area is 190 Å². The second-order valence-electron chi connectivity index (χ2n) is 7.05. The van der Waals surface area contributed by atoms with Crippen molar-refractivity contribution in [2.24, 2.45) is 0 Å². The van der Waals surface area contributed by atoms with E-state index in [9.17, 15) is 0 Å². The molecule has 0 aliphatic carbocycles.